The lowest BCUT2D eigenvalue weighted by molar-refractivity contribution is 0.458. The first-order valence-corrected chi connectivity index (χ1v) is 4.24. The van der Waals surface area contributed by atoms with Crippen LogP contribution in [0.1, 0.15) is 42.0 Å². The van der Waals surface area contributed by atoms with E-state index in [9.17, 15) is 5.11 Å². The SMILES string of the molecule is Cc1c2cc(C(C)C)c(O)c1[C]2. The summed E-state index contributed by atoms with van der Waals surface area (Å²) in [5.74, 6) is 0.822. The highest BCUT2D eigenvalue weighted by Gasteiger charge is 2.25. The van der Waals surface area contributed by atoms with Gasteiger partial charge in [0.05, 0.1) is 6.42 Å². The van der Waals surface area contributed by atoms with E-state index in [2.05, 4.69) is 20.3 Å². The number of fused-ring (bicyclic) bond motifs is 2. The van der Waals surface area contributed by atoms with Gasteiger partial charge in [0.1, 0.15) is 5.75 Å². The van der Waals surface area contributed by atoms with Crippen molar-refractivity contribution in [3.05, 3.63) is 34.7 Å². The van der Waals surface area contributed by atoms with Crippen LogP contribution in [-0.4, -0.2) is 5.11 Å². The van der Waals surface area contributed by atoms with Crippen molar-refractivity contribution >= 4 is 0 Å². The Balaban J connectivity index is 2.58. The Kier molecular flexibility index (Phi) is 1.44. The van der Waals surface area contributed by atoms with Gasteiger partial charge in [0.2, 0.25) is 0 Å². The maximum Gasteiger partial charge on any atom is 0.123 e. The molecule has 2 aliphatic rings. The molecule has 62 valence electrons. The van der Waals surface area contributed by atoms with E-state index in [1.807, 2.05) is 13.0 Å². The minimum atomic E-state index is 0.394. The number of aromatic hydroxyl groups is 1. The molecule has 0 amide bonds. The second kappa shape index (κ2) is 2.25. The zero-order chi connectivity index (χ0) is 8.88. The quantitative estimate of drug-likeness (QED) is 0.679. The molecule has 12 heavy (non-hydrogen) atoms. The van der Waals surface area contributed by atoms with E-state index >= 15 is 0 Å². The fourth-order valence-electron chi connectivity index (χ4n) is 1.58. The first-order valence-electron chi connectivity index (χ1n) is 4.24. The average molecular weight is 160 g/mol. The van der Waals surface area contributed by atoms with Crippen molar-refractivity contribution in [1.29, 1.82) is 0 Å². The summed E-state index contributed by atoms with van der Waals surface area (Å²) < 4.78 is 0. The van der Waals surface area contributed by atoms with Gasteiger partial charge in [0.15, 0.2) is 0 Å². The summed E-state index contributed by atoms with van der Waals surface area (Å²) in [5, 5.41) is 9.73. The molecular weight excluding hydrogens is 148 g/mol. The third kappa shape index (κ3) is 0.795. The number of phenolic OH excluding ortho intramolecular Hbond substituents is 1. The Bertz CT molecular complexity index is 337. The van der Waals surface area contributed by atoms with Crippen LogP contribution < -0.4 is 0 Å². The molecule has 0 aliphatic heterocycles. The summed E-state index contributed by atoms with van der Waals surface area (Å²) >= 11 is 0. The third-order valence-corrected chi connectivity index (χ3v) is 2.47. The molecule has 0 unspecified atom stereocenters. The van der Waals surface area contributed by atoms with E-state index in [1.54, 1.807) is 0 Å². The molecule has 1 nitrogen and oxygen atoms in total. The largest absolute Gasteiger partial charge is 0.507 e. The summed E-state index contributed by atoms with van der Waals surface area (Å²) in [6.07, 6.45) is 3.10. The van der Waals surface area contributed by atoms with Crippen molar-refractivity contribution in [2.75, 3.05) is 0 Å². The molecular formula is C11H12O. The zero-order valence-electron chi connectivity index (χ0n) is 7.60. The molecule has 0 saturated heterocycles. The highest BCUT2D eigenvalue weighted by atomic mass is 16.3. The van der Waals surface area contributed by atoms with E-state index in [4.69, 9.17) is 0 Å². The fourth-order valence-corrected chi connectivity index (χ4v) is 1.58. The minimum absolute atomic E-state index is 0.394. The lowest BCUT2D eigenvalue weighted by atomic mass is 9.80. The number of rotatable bonds is 1. The highest BCUT2D eigenvalue weighted by Crippen LogP contribution is 2.42. The van der Waals surface area contributed by atoms with Crippen molar-refractivity contribution < 1.29 is 5.11 Å². The predicted octanol–water partition coefficient (Wildman–Crippen LogP) is 2.62. The van der Waals surface area contributed by atoms with Gasteiger partial charge < -0.3 is 5.11 Å². The van der Waals surface area contributed by atoms with E-state index < -0.39 is 0 Å². The van der Waals surface area contributed by atoms with Gasteiger partial charge in [-0.3, -0.25) is 0 Å². The van der Waals surface area contributed by atoms with Crippen LogP contribution in [0, 0.1) is 13.3 Å². The molecule has 0 fully saturated rings. The normalized spacial score (nSPS) is 13.3. The molecule has 0 aromatic heterocycles. The lowest BCUT2D eigenvalue weighted by Gasteiger charge is -2.25. The topological polar surface area (TPSA) is 20.2 Å². The molecule has 1 N–H and O–H groups in total. The van der Waals surface area contributed by atoms with Crippen LogP contribution in [0.25, 0.3) is 0 Å². The molecule has 1 heteroatoms. The minimum Gasteiger partial charge on any atom is -0.507 e. The van der Waals surface area contributed by atoms with E-state index in [-0.39, 0.29) is 0 Å². The van der Waals surface area contributed by atoms with Crippen molar-refractivity contribution in [3.8, 4) is 5.75 Å². The standard InChI is InChI=1S/C11H12O/c1-6(2)9-4-8-5-10(7(8)3)11(9)12/h4,6,12H,1-3H3. The first-order chi connectivity index (χ1) is 5.61. The molecule has 2 bridgehead atoms. The van der Waals surface area contributed by atoms with Crippen LogP contribution >= 0.6 is 0 Å². The first kappa shape index (κ1) is 7.66. The van der Waals surface area contributed by atoms with Crippen molar-refractivity contribution in [2.45, 2.75) is 26.7 Å². The number of benzene rings is 1. The highest BCUT2D eigenvalue weighted by molar-refractivity contribution is 5.67. The molecule has 1 aromatic carbocycles. The summed E-state index contributed by atoms with van der Waals surface area (Å²) in [5.41, 5.74) is 4.30. The van der Waals surface area contributed by atoms with E-state index in [0.717, 1.165) is 16.7 Å². The Morgan fingerprint density at radius 3 is 2.50 bits per heavy atom. The molecule has 3 rings (SSSR count). The predicted molar refractivity (Wildman–Crippen MR) is 48.4 cm³/mol. The Labute approximate surface area is 73.0 Å². The van der Waals surface area contributed by atoms with Gasteiger partial charge in [-0.1, -0.05) is 19.9 Å². The summed E-state index contributed by atoms with van der Waals surface area (Å²) in [4.78, 5) is 0. The van der Waals surface area contributed by atoms with Gasteiger partial charge in [-0.2, -0.15) is 0 Å². The van der Waals surface area contributed by atoms with Gasteiger partial charge in [-0.15, -0.1) is 0 Å². The van der Waals surface area contributed by atoms with Gasteiger partial charge >= 0.3 is 0 Å². The second-order valence-corrected chi connectivity index (χ2v) is 3.64. The average Bonchev–Trinajstić information content (AvgIpc) is 2.02. The van der Waals surface area contributed by atoms with Gasteiger partial charge in [-0.25, -0.2) is 0 Å². The third-order valence-electron chi connectivity index (χ3n) is 2.47. The summed E-state index contributed by atoms with van der Waals surface area (Å²) in [6.45, 7) is 6.19. The summed E-state index contributed by atoms with van der Waals surface area (Å²) in [7, 11) is 0. The van der Waals surface area contributed by atoms with Gasteiger partial charge in [-0.05, 0) is 29.5 Å². The van der Waals surface area contributed by atoms with Crippen LogP contribution in [-0.2, 0) is 0 Å². The lowest BCUT2D eigenvalue weighted by Crippen LogP contribution is -2.08. The zero-order valence-corrected chi connectivity index (χ0v) is 7.60. The maximum atomic E-state index is 9.73. The smallest absolute Gasteiger partial charge is 0.123 e. The van der Waals surface area contributed by atoms with Crippen molar-refractivity contribution in [2.24, 2.45) is 0 Å². The molecule has 0 saturated carbocycles. The molecule has 2 radical (unpaired) electrons. The Hall–Kier alpha value is -0.980. The van der Waals surface area contributed by atoms with Crippen molar-refractivity contribution in [3.63, 3.8) is 0 Å². The van der Waals surface area contributed by atoms with Crippen LogP contribution in [0.2, 0.25) is 0 Å². The number of hydrogen-bond donors (Lipinski definition) is 1. The molecule has 0 spiro atoms. The monoisotopic (exact) mass is 160 g/mol. The molecule has 0 atom stereocenters. The van der Waals surface area contributed by atoms with Crippen LogP contribution in [0.15, 0.2) is 6.07 Å². The number of aryl methyl sites for hydroxylation is 1. The molecule has 2 aliphatic carbocycles. The Morgan fingerprint density at radius 2 is 2.08 bits per heavy atom. The molecule has 0 heterocycles. The second-order valence-electron chi connectivity index (χ2n) is 3.64. The van der Waals surface area contributed by atoms with E-state index in [0.29, 0.717) is 11.7 Å². The number of hydrogen-bond acceptors (Lipinski definition) is 1. The van der Waals surface area contributed by atoms with Crippen LogP contribution in [0.4, 0.5) is 0 Å². The van der Waals surface area contributed by atoms with E-state index in [1.165, 1.54) is 5.56 Å². The van der Waals surface area contributed by atoms with Crippen LogP contribution in [0.3, 0.4) is 0 Å². The number of phenols is 1. The molecule has 1 aromatic rings. The summed E-state index contributed by atoms with van der Waals surface area (Å²) in [6, 6.07) is 2.03. The van der Waals surface area contributed by atoms with Crippen LogP contribution in [0.5, 0.6) is 5.75 Å². The fraction of sp³-hybridized carbons (Fsp3) is 0.364. The Morgan fingerprint density at radius 1 is 1.42 bits per heavy atom. The van der Waals surface area contributed by atoms with Gasteiger partial charge in [0.25, 0.3) is 0 Å². The van der Waals surface area contributed by atoms with Gasteiger partial charge in [0, 0.05) is 5.56 Å². The maximum absolute atomic E-state index is 9.73. The van der Waals surface area contributed by atoms with Crippen molar-refractivity contribution in [1.82, 2.24) is 0 Å².